The Morgan fingerprint density at radius 3 is 3.17 bits per heavy atom. The summed E-state index contributed by atoms with van der Waals surface area (Å²) >= 11 is 5.88. The molecule has 1 aliphatic heterocycles. The van der Waals surface area contributed by atoms with Crippen molar-refractivity contribution in [2.45, 2.75) is 18.9 Å². The molecule has 0 radical (unpaired) electrons. The van der Waals surface area contributed by atoms with Crippen LogP contribution in [-0.4, -0.2) is 28.1 Å². The van der Waals surface area contributed by atoms with Crippen molar-refractivity contribution in [2.75, 3.05) is 13.1 Å². The van der Waals surface area contributed by atoms with Crippen molar-refractivity contribution >= 4 is 11.6 Å². The van der Waals surface area contributed by atoms with Gasteiger partial charge in [0.1, 0.15) is 5.15 Å². The van der Waals surface area contributed by atoms with Crippen LogP contribution in [0.15, 0.2) is 6.20 Å². The van der Waals surface area contributed by atoms with Gasteiger partial charge in [-0.15, -0.1) is 5.10 Å². The summed E-state index contributed by atoms with van der Waals surface area (Å²) < 4.78 is 1.79. The van der Waals surface area contributed by atoms with Gasteiger partial charge in [-0.2, -0.15) is 0 Å². The lowest BCUT2D eigenvalue weighted by Crippen LogP contribution is -2.32. The third-order valence-electron chi connectivity index (χ3n) is 2.15. The van der Waals surface area contributed by atoms with E-state index >= 15 is 0 Å². The molecule has 1 saturated heterocycles. The van der Waals surface area contributed by atoms with E-state index in [4.69, 9.17) is 11.6 Å². The summed E-state index contributed by atoms with van der Waals surface area (Å²) in [6.45, 7) is 2.05. The van der Waals surface area contributed by atoms with Crippen LogP contribution >= 0.6 is 11.6 Å². The molecule has 1 aliphatic rings. The van der Waals surface area contributed by atoms with E-state index in [9.17, 15) is 0 Å². The molecule has 0 bridgehead atoms. The Hall–Kier alpha value is -0.610. The SMILES string of the molecule is Clc1cnnn1C1CCCNC1. The number of nitrogens with one attached hydrogen (secondary N) is 1. The first kappa shape index (κ1) is 8.01. The van der Waals surface area contributed by atoms with Crippen molar-refractivity contribution < 1.29 is 0 Å². The normalized spacial score (nSPS) is 24.2. The zero-order valence-corrected chi connectivity index (χ0v) is 7.46. The molecule has 5 heteroatoms. The first-order chi connectivity index (χ1) is 5.88. The summed E-state index contributed by atoms with van der Waals surface area (Å²) in [6, 6.07) is 0.383. The predicted octanol–water partition coefficient (Wildman–Crippen LogP) is 0.856. The maximum Gasteiger partial charge on any atom is 0.147 e. The van der Waals surface area contributed by atoms with Gasteiger partial charge in [0.05, 0.1) is 12.2 Å². The first-order valence-electron chi connectivity index (χ1n) is 4.14. The number of piperidine rings is 1. The molecule has 2 rings (SSSR count). The fourth-order valence-electron chi connectivity index (χ4n) is 1.52. The van der Waals surface area contributed by atoms with Crippen LogP contribution in [0.25, 0.3) is 0 Å². The molecule has 0 spiro atoms. The third-order valence-corrected chi connectivity index (χ3v) is 2.42. The highest BCUT2D eigenvalue weighted by Crippen LogP contribution is 2.19. The van der Waals surface area contributed by atoms with Crippen LogP contribution in [0, 0.1) is 0 Å². The molecule has 0 amide bonds. The maximum absolute atomic E-state index is 5.88. The minimum atomic E-state index is 0.383. The molecule has 1 N–H and O–H groups in total. The zero-order valence-electron chi connectivity index (χ0n) is 6.70. The van der Waals surface area contributed by atoms with Gasteiger partial charge < -0.3 is 5.32 Å². The fraction of sp³-hybridized carbons (Fsp3) is 0.714. The summed E-state index contributed by atoms with van der Waals surface area (Å²) in [4.78, 5) is 0. The Kier molecular flexibility index (Phi) is 2.28. The lowest BCUT2D eigenvalue weighted by atomic mass is 10.1. The molecule has 1 atom stereocenters. The van der Waals surface area contributed by atoms with Crippen molar-refractivity contribution in [3.63, 3.8) is 0 Å². The Morgan fingerprint density at radius 2 is 2.58 bits per heavy atom. The van der Waals surface area contributed by atoms with Gasteiger partial charge in [-0.1, -0.05) is 16.8 Å². The van der Waals surface area contributed by atoms with E-state index in [1.807, 2.05) is 0 Å². The molecule has 0 saturated carbocycles. The zero-order chi connectivity index (χ0) is 8.39. The van der Waals surface area contributed by atoms with Crippen LogP contribution in [0.5, 0.6) is 0 Å². The van der Waals surface area contributed by atoms with E-state index in [0.717, 1.165) is 19.5 Å². The highest BCUT2D eigenvalue weighted by Gasteiger charge is 2.17. The average molecular weight is 187 g/mol. The van der Waals surface area contributed by atoms with Crippen LogP contribution in [0.3, 0.4) is 0 Å². The van der Waals surface area contributed by atoms with Crippen LogP contribution < -0.4 is 5.32 Å². The van der Waals surface area contributed by atoms with Crippen molar-refractivity contribution in [3.05, 3.63) is 11.3 Å². The maximum atomic E-state index is 5.88. The van der Waals surface area contributed by atoms with Gasteiger partial charge in [-0.3, -0.25) is 0 Å². The van der Waals surface area contributed by atoms with Crippen LogP contribution in [-0.2, 0) is 0 Å². The predicted molar refractivity (Wildman–Crippen MR) is 46.2 cm³/mol. The summed E-state index contributed by atoms with van der Waals surface area (Å²) in [6.07, 6.45) is 3.90. The van der Waals surface area contributed by atoms with E-state index in [0.29, 0.717) is 11.2 Å². The highest BCUT2D eigenvalue weighted by molar-refractivity contribution is 6.29. The number of hydrogen-bond donors (Lipinski definition) is 1. The second kappa shape index (κ2) is 3.41. The molecule has 66 valence electrons. The van der Waals surface area contributed by atoms with E-state index < -0.39 is 0 Å². The number of nitrogens with zero attached hydrogens (tertiary/aromatic N) is 3. The molecule has 1 unspecified atom stereocenters. The number of aromatic nitrogens is 3. The van der Waals surface area contributed by atoms with Crippen molar-refractivity contribution in [1.82, 2.24) is 20.3 Å². The average Bonchev–Trinajstić information content (AvgIpc) is 2.53. The molecule has 1 fully saturated rings. The number of halogens is 1. The van der Waals surface area contributed by atoms with E-state index in [-0.39, 0.29) is 0 Å². The van der Waals surface area contributed by atoms with Gasteiger partial charge in [-0.05, 0) is 19.4 Å². The Balaban J connectivity index is 2.13. The van der Waals surface area contributed by atoms with E-state index in [1.165, 1.54) is 6.42 Å². The second-order valence-electron chi connectivity index (χ2n) is 3.00. The van der Waals surface area contributed by atoms with Gasteiger partial charge in [-0.25, -0.2) is 4.68 Å². The quantitative estimate of drug-likeness (QED) is 0.708. The Morgan fingerprint density at radius 1 is 1.67 bits per heavy atom. The minimum Gasteiger partial charge on any atom is -0.315 e. The topological polar surface area (TPSA) is 42.7 Å². The highest BCUT2D eigenvalue weighted by atomic mass is 35.5. The monoisotopic (exact) mass is 186 g/mol. The van der Waals surface area contributed by atoms with E-state index in [2.05, 4.69) is 15.6 Å². The van der Waals surface area contributed by atoms with Gasteiger partial charge in [0.15, 0.2) is 0 Å². The Bertz CT molecular complexity index is 254. The molecule has 1 aromatic rings. The molecular weight excluding hydrogens is 176 g/mol. The number of rotatable bonds is 1. The molecular formula is C7H11ClN4. The van der Waals surface area contributed by atoms with Crippen molar-refractivity contribution in [3.8, 4) is 0 Å². The standard InChI is InChI=1S/C7H11ClN4/c8-7-5-10-11-12(7)6-2-1-3-9-4-6/h5-6,9H,1-4H2. The van der Waals surface area contributed by atoms with Crippen LogP contribution in [0.2, 0.25) is 5.15 Å². The molecule has 2 heterocycles. The third kappa shape index (κ3) is 1.44. The lowest BCUT2D eigenvalue weighted by molar-refractivity contribution is 0.341. The van der Waals surface area contributed by atoms with Crippen molar-refractivity contribution in [2.24, 2.45) is 0 Å². The number of hydrogen-bond acceptors (Lipinski definition) is 3. The minimum absolute atomic E-state index is 0.383. The fourth-order valence-corrected chi connectivity index (χ4v) is 1.74. The van der Waals surface area contributed by atoms with Crippen LogP contribution in [0.4, 0.5) is 0 Å². The molecule has 12 heavy (non-hydrogen) atoms. The summed E-state index contributed by atoms with van der Waals surface area (Å²) in [5.74, 6) is 0. The second-order valence-corrected chi connectivity index (χ2v) is 3.39. The van der Waals surface area contributed by atoms with Gasteiger partial charge in [0.2, 0.25) is 0 Å². The van der Waals surface area contributed by atoms with E-state index in [1.54, 1.807) is 10.9 Å². The van der Waals surface area contributed by atoms with Crippen LogP contribution in [0.1, 0.15) is 18.9 Å². The lowest BCUT2D eigenvalue weighted by Gasteiger charge is -2.22. The Labute approximate surface area is 75.9 Å². The largest absolute Gasteiger partial charge is 0.315 e. The van der Waals surface area contributed by atoms with Gasteiger partial charge >= 0.3 is 0 Å². The molecule has 0 aromatic carbocycles. The van der Waals surface area contributed by atoms with Crippen molar-refractivity contribution in [1.29, 1.82) is 0 Å². The smallest absolute Gasteiger partial charge is 0.147 e. The summed E-state index contributed by atoms with van der Waals surface area (Å²) in [5.41, 5.74) is 0. The van der Waals surface area contributed by atoms with Gasteiger partial charge in [0, 0.05) is 6.54 Å². The summed E-state index contributed by atoms with van der Waals surface area (Å²) in [7, 11) is 0. The first-order valence-corrected chi connectivity index (χ1v) is 4.52. The molecule has 1 aromatic heterocycles. The van der Waals surface area contributed by atoms with Gasteiger partial charge in [0.25, 0.3) is 0 Å². The summed E-state index contributed by atoms with van der Waals surface area (Å²) in [5, 5.41) is 11.6. The molecule has 0 aliphatic carbocycles. The molecule has 4 nitrogen and oxygen atoms in total.